The predicted molar refractivity (Wildman–Crippen MR) is 81.4 cm³/mol. The Labute approximate surface area is 129 Å². The van der Waals surface area contributed by atoms with Crippen LogP contribution in [0.1, 0.15) is 40.5 Å². The zero-order chi connectivity index (χ0) is 16.3. The van der Waals surface area contributed by atoms with E-state index in [9.17, 15) is 23.1 Å². The molecule has 1 aliphatic rings. The molecule has 1 N–H and O–H groups in total. The summed E-state index contributed by atoms with van der Waals surface area (Å²) in [5, 5.41) is 9.93. The summed E-state index contributed by atoms with van der Waals surface area (Å²) in [6.07, 6.45) is -0.000398. The Morgan fingerprint density at radius 1 is 1.14 bits per heavy atom. The van der Waals surface area contributed by atoms with Crippen molar-refractivity contribution in [1.82, 2.24) is 4.90 Å². The van der Waals surface area contributed by atoms with Crippen molar-refractivity contribution in [3.05, 3.63) is 35.4 Å². The first kappa shape index (κ1) is 16.6. The van der Waals surface area contributed by atoms with Gasteiger partial charge in [0, 0.05) is 0 Å². The molecule has 1 aromatic rings. The maximum absolute atomic E-state index is 12.1. The Bertz CT molecular complexity index is 648. The second-order valence-corrected chi connectivity index (χ2v) is 7.62. The van der Waals surface area contributed by atoms with Crippen molar-refractivity contribution in [2.45, 2.75) is 25.9 Å². The summed E-state index contributed by atoms with van der Waals surface area (Å²) in [6.45, 7) is 1.57. The van der Waals surface area contributed by atoms with Gasteiger partial charge in [0.2, 0.25) is 0 Å². The molecule has 0 saturated heterocycles. The molecule has 7 heteroatoms. The van der Waals surface area contributed by atoms with Crippen LogP contribution >= 0.6 is 0 Å². The smallest absolute Gasteiger partial charge is 0.261 e. The number of fused-ring (bicyclic) bond motifs is 1. The number of nitrogens with zero attached hydrogens (tertiary/aromatic N) is 1. The summed E-state index contributed by atoms with van der Waals surface area (Å²) in [5.41, 5.74) is 0.571. The second-order valence-electron chi connectivity index (χ2n) is 5.39. The van der Waals surface area contributed by atoms with E-state index in [1.165, 1.54) is 0 Å². The third-order valence-electron chi connectivity index (χ3n) is 3.53. The number of hydrogen-bond donors (Lipinski definition) is 1. The standard InChI is InChI=1S/C15H19NO5S/c1-2-3-8-22(20,21)10-11(17)9-16-14(18)12-6-4-5-7-13(12)15(16)19/h4-7,11,17H,2-3,8-10H2,1H3. The van der Waals surface area contributed by atoms with Gasteiger partial charge in [-0.2, -0.15) is 0 Å². The largest absolute Gasteiger partial charge is 0.390 e. The van der Waals surface area contributed by atoms with Crippen LogP contribution in [0.15, 0.2) is 24.3 Å². The molecule has 0 fully saturated rings. The van der Waals surface area contributed by atoms with E-state index >= 15 is 0 Å². The molecule has 2 amide bonds. The minimum atomic E-state index is -3.39. The highest BCUT2D eigenvalue weighted by Gasteiger charge is 2.36. The van der Waals surface area contributed by atoms with Crippen molar-refractivity contribution >= 4 is 21.7 Å². The van der Waals surface area contributed by atoms with Crippen LogP contribution in [0.25, 0.3) is 0 Å². The van der Waals surface area contributed by atoms with Crippen LogP contribution in [0.2, 0.25) is 0 Å². The summed E-state index contributed by atoms with van der Waals surface area (Å²) >= 11 is 0. The van der Waals surface area contributed by atoms with Gasteiger partial charge in [0.25, 0.3) is 11.8 Å². The van der Waals surface area contributed by atoms with Gasteiger partial charge in [-0.05, 0) is 18.6 Å². The summed E-state index contributed by atoms with van der Waals surface area (Å²) in [6, 6.07) is 6.39. The Hall–Kier alpha value is -1.73. The molecule has 0 radical (unpaired) electrons. The topological polar surface area (TPSA) is 91.8 Å². The molecule has 1 atom stereocenters. The molecule has 0 aliphatic carbocycles. The summed E-state index contributed by atoms with van der Waals surface area (Å²) in [7, 11) is -3.39. The molecule has 1 unspecified atom stereocenters. The lowest BCUT2D eigenvalue weighted by Crippen LogP contribution is -2.40. The highest BCUT2D eigenvalue weighted by atomic mass is 32.2. The molecule has 22 heavy (non-hydrogen) atoms. The first-order valence-corrected chi connectivity index (χ1v) is 9.01. The fourth-order valence-corrected chi connectivity index (χ4v) is 4.00. The van der Waals surface area contributed by atoms with Gasteiger partial charge in [-0.25, -0.2) is 8.42 Å². The van der Waals surface area contributed by atoms with Crippen LogP contribution in [0.3, 0.4) is 0 Å². The summed E-state index contributed by atoms with van der Waals surface area (Å²) in [4.78, 5) is 25.2. The SMILES string of the molecule is CCCCS(=O)(=O)CC(O)CN1C(=O)c2ccccc2C1=O. The van der Waals surface area contributed by atoms with E-state index in [4.69, 9.17) is 0 Å². The average molecular weight is 325 g/mol. The number of sulfone groups is 1. The van der Waals surface area contributed by atoms with E-state index in [1.54, 1.807) is 24.3 Å². The molecule has 1 aliphatic heterocycles. The Kier molecular flexibility index (Phi) is 4.97. The number of imide groups is 1. The van der Waals surface area contributed by atoms with Crippen LogP contribution in [0, 0.1) is 0 Å². The highest BCUT2D eigenvalue weighted by Crippen LogP contribution is 2.22. The maximum atomic E-state index is 12.1. The number of unbranched alkanes of at least 4 members (excludes halogenated alkanes) is 1. The van der Waals surface area contributed by atoms with Gasteiger partial charge >= 0.3 is 0 Å². The number of aliphatic hydroxyl groups is 1. The van der Waals surface area contributed by atoms with E-state index in [0.29, 0.717) is 6.42 Å². The Balaban J connectivity index is 2.03. The van der Waals surface area contributed by atoms with E-state index in [0.717, 1.165) is 11.3 Å². The number of carbonyl (C=O) groups excluding carboxylic acids is 2. The van der Waals surface area contributed by atoms with Gasteiger partial charge in [0.1, 0.15) is 0 Å². The maximum Gasteiger partial charge on any atom is 0.261 e. The van der Waals surface area contributed by atoms with Crippen LogP contribution in [-0.2, 0) is 9.84 Å². The van der Waals surface area contributed by atoms with E-state index in [-0.39, 0.29) is 23.4 Å². The summed E-state index contributed by atoms with van der Waals surface area (Å²) < 4.78 is 23.6. The molecular weight excluding hydrogens is 306 g/mol. The van der Waals surface area contributed by atoms with E-state index in [1.807, 2.05) is 6.92 Å². The fourth-order valence-electron chi connectivity index (χ4n) is 2.41. The third-order valence-corrected chi connectivity index (χ3v) is 5.33. The summed E-state index contributed by atoms with van der Waals surface area (Å²) in [5.74, 6) is -1.43. The molecule has 6 nitrogen and oxygen atoms in total. The number of amides is 2. The molecule has 2 rings (SSSR count). The molecule has 0 spiro atoms. The zero-order valence-corrected chi connectivity index (χ0v) is 13.2. The van der Waals surface area contributed by atoms with Gasteiger partial charge in [-0.3, -0.25) is 14.5 Å². The fraction of sp³-hybridized carbons (Fsp3) is 0.467. The van der Waals surface area contributed by atoms with Crippen LogP contribution < -0.4 is 0 Å². The highest BCUT2D eigenvalue weighted by molar-refractivity contribution is 7.91. The van der Waals surface area contributed by atoms with Crippen molar-refractivity contribution in [2.75, 3.05) is 18.1 Å². The third kappa shape index (κ3) is 3.53. The lowest BCUT2D eigenvalue weighted by atomic mass is 10.1. The minimum Gasteiger partial charge on any atom is -0.390 e. The van der Waals surface area contributed by atoms with Gasteiger partial charge in [-0.15, -0.1) is 0 Å². The number of β-amino-alcohol motifs (C(OH)–C–C–N with tert-alkyl or cyclic N) is 1. The van der Waals surface area contributed by atoms with Crippen molar-refractivity contribution < 1.29 is 23.1 Å². The van der Waals surface area contributed by atoms with Crippen molar-refractivity contribution in [3.8, 4) is 0 Å². The first-order valence-electron chi connectivity index (χ1n) is 7.19. The molecule has 0 bridgehead atoms. The van der Waals surface area contributed by atoms with Crippen LogP contribution in [-0.4, -0.2) is 54.4 Å². The molecule has 1 heterocycles. The van der Waals surface area contributed by atoms with Crippen molar-refractivity contribution in [2.24, 2.45) is 0 Å². The van der Waals surface area contributed by atoms with Crippen LogP contribution in [0.5, 0.6) is 0 Å². The Morgan fingerprint density at radius 3 is 2.18 bits per heavy atom. The van der Waals surface area contributed by atoms with Crippen molar-refractivity contribution in [1.29, 1.82) is 0 Å². The molecule has 120 valence electrons. The number of aliphatic hydroxyl groups excluding tert-OH is 1. The van der Waals surface area contributed by atoms with E-state index < -0.39 is 33.5 Å². The molecule has 0 saturated carbocycles. The monoisotopic (exact) mass is 325 g/mol. The van der Waals surface area contributed by atoms with Gasteiger partial charge in [0.05, 0.1) is 35.3 Å². The lowest BCUT2D eigenvalue weighted by molar-refractivity contribution is 0.0565. The quantitative estimate of drug-likeness (QED) is 0.751. The minimum absolute atomic E-state index is 0.00266. The van der Waals surface area contributed by atoms with Crippen LogP contribution in [0.4, 0.5) is 0 Å². The van der Waals surface area contributed by atoms with Gasteiger partial charge < -0.3 is 5.11 Å². The average Bonchev–Trinajstić information content (AvgIpc) is 2.70. The number of hydrogen-bond acceptors (Lipinski definition) is 5. The second kappa shape index (κ2) is 6.58. The lowest BCUT2D eigenvalue weighted by Gasteiger charge is -2.18. The number of rotatable bonds is 7. The number of carbonyl (C=O) groups is 2. The molecular formula is C15H19NO5S. The zero-order valence-electron chi connectivity index (χ0n) is 12.4. The van der Waals surface area contributed by atoms with Gasteiger partial charge in [-0.1, -0.05) is 25.5 Å². The Morgan fingerprint density at radius 2 is 1.68 bits per heavy atom. The van der Waals surface area contributed by atoms with Crippen molar-refractivity contribution in [3.63, 3.8) is 0 Å². The molecule has 1 aromatic carbocycles. The number of benzene rings is 1. The molecule has 0 aromatic heterocycles. The van der Waals surface area contributed by atoms with Gasteiger partial charge in [0.15, 0.2) is 9.84 Å². The predicted octanol–water partition coefficient (Wildman–Crippen LogP) is 0.858. The van der Waals surface area contributed by atoms with E-state index in [2.05, 4.69) is 0 Å². The first-order chi connectivity index (χ1) is 10.4. The normalized spacial score (nSPS) is 16.0.